The number of hydrogen-bond acceptors (Lipinski definition) is 1. The van der Waals surface area contributed by atoms with E-state index in [4.69, 9.17) is 0 Å². The van der Waals surface area contributed by atoms with E-state index in [0.717, 1.165) is 0 Å². The highest BCUT2D eigenvalue weighted by molar-refractivity contribution is 6.03. The van der Waals surface area contributed by atoms with Crippen molar-refractivity contribution in [3.63, 3.8) is 0 Å². The van der Waals surface area contributed by atoms with Gasteiger partial charge in [-0.3, -0.25) is 0 Å². The Kier molecular flexibility index (Phi) is 7.74. The van der Waals surface area contributed by atoms with Gasteiger partial charge in [0, 0.05) is 31.9 Å². The van der Waals surface area contributed by atoms with E-state index in [2.05, 4.69) is 165 Å². The Labute approximate surface area is 209 Å². The topological polar surface area (TPSA) is 6.25 Å². The van der Waals surface area contributed by atoms with Gasteiger partial charge in [0.25, 0.3) is 0 Å². The van der Waals surface area contributed by atoms with Crippen molar-refractivity contribution < 1.29 is 4.58 Å². The Morgan fingerprint density at radius 3 is 1.74 bits per heavy atom. The summed E-state index contributed by atoms with van der Waals surface area (Å²) in [6.07, 6.45) is 15.2. The van der Waals surface area contributed by atoms with Crippen LogP contribution in [0.1, 0.15) is 16.7 Å². The second-order valence-corrected chi connectivity index (χ2v) is 8.97. The zero-order valence-corrected chi connectivity index (χ0v) is 21.0. The van der Waals surface area contributed by atoms with Crippen molar-refractivity contribution in [1.29, 1.82) is 0 Å². The molecule has 1 aliphatic rings. The summed E-state index contributed by atoms with van der Waals surface area (Å²) in [7, 11) is 8.27. The molecule has 0 fully saturated rings. The Balaban J connectivity index is 1.84. The summed E-state index contributed by atoms with van der Waals surface area (Å²) in [6.45, 7) is 0. The number of nitrogens with zero attached hydrogens (tertiary/aromatic N) is 2. The van der Waals surface area contributed by atoms with Gasteiger partial charge in [-0.2, -0.15) is 0 Å². The first-order valence-corrected chi connectivity index (χ1v) is 11.9. The molecule has 2 nitrogen and oxygen atoms in total. The number of rotatable bonds is 6. The van der Waals surface area contributed by atoms with Gasteiger partial charge in [0.15, 0.2) is 5.71 Å². The summed E-state index contributed by atoms with van der Waals surface area (Å²) < 4.78 is 2.11. The molecule has 0 heterocycles. The van der Waals surface area contributed by atoms with Crippen molar-refractivity contribution in [2.45, 2.75) is 0 Å². The van der Waals surface area contributed by atoms with E-state index < -0.39 is 0 Å². The molecular weight excluding hydrogens is 424 g/mol. The van der Waals surface area contributed by atoms with E-state index in [9.17, 15) is 0 Å². The van der Waals surface area contributed by atoms with Gasteiger partial charge in [-0.25, -0.2) is 4.58 Å². The predicted octanol–water partition coefficient (Wildman–Crippen LogP) is 7.03. The maximum absolute atomic E-state index is 2.23. The van der Waals surface area contributed by atoms with Gasteiger partial charge in [0.1, 0.15) is 14.1 Å². The number of benzene rings is 3. The second kappa shape index (κ2) is 11.3. The van der Waals surface area contributed by atoms with Crippen LogP contribution in [0.3, 0.4) is 0 Å². The zero-order chi connectivity index (χ0) is 24.6. The number of anilines is 1. The van der Waals surface area contributed by atoms with Gasteiger partial charge < -0.3 is 4.90 Å². The molecule has 0 spiro atoms. The van der Waals surface area contributed by atoms with Crippen LogP contribution in [0.15, 0.2) is 133 Å². The van der Waals surface area contributed by atoms with Gasteiger partial charge >= 0.3 is 0 Å². The third-order valence-electron chi connectivity index (χ3n) is 6.05. The van der Waals surface area contributed by atoms with Crippen LogP contribution in [0.25, 0.3) is 11.1 Å². The molecular formula is C33H33N2+. The first-order valence-electron chi connectivity index (χ1n) is 11.9. The Morgan fingerprint density at radius 2 is 1.20 bits per heavy atom. The average Bonchev–Trinajstić information content (AvgIpc) is 2.89. The summed E-state index contributed by atoms with van der Waals surface area (Å²) in [4.78, 5) is 2.13. The van der Waals surface area contributed by atoms with Gasteiger partial charge in [-0.05, 0) is 57.7 Å². The Bertz CT molecular complexity index is 1310. The SMILES string of the molecule is CN(C)c1ccc(C(=C(C=CC=C2C=CC(=[N+](C)C)C=C2)c2ccccc2)c2ccccc2)cc1. The molecule has 0 saturated heterocycles. The highest BCUT2D eigenvalue weighted by Gasteiger charge is 2.12. The van der Waals surface area contributed by atoms with Gasteiger partial charge in [-0.1, -0.05) is 91.0 Å². The third kappa shape index (κ3) is 6.04. The Hall–Kier alpha value is -4.17. The van der Waals surface area contributed by atoms with E-state index in [1.807, 2.05) is 0 Å². The van der Waals surface area contributed by atoms with Gasteiger partial charge in [-0.15, -0.1) is 0 Å². The van der Waals surface area contributed by atoms with E-state index in [0.29, 0.717) is 0 Å². The summed E-state index contributed by atoms with van der Waals surface area (Å²) in [5, 5.41) is 0. The number of allylic oxidation sites excluding steroid dienone is 9. The fourth-order valence-corrected chi connectivity index (χ4v) is 4.09. The van der Waals surface area contributed by atoms with E-state index in [1.165, 1.54) is 44.8 Å². The minimum absolute atomic E-state index is 1.18. The Morgan fingerprint density at radius 1 is 0.657 bits per heavy atom. The van der Waals surface area contributed by atoms with E-state index in [1.54, 1.807) is 0 Å². The van der Waals surface area contributed by atoms with Crippen molar-refractivity contribution in [3.05, 3.63) is 150 Å². The van der Waals surface area contributed by atoms with Crippen LogP contribution in [0.5, 0.6) is 0 Å². The van der Waals surface area contributed by atoms with E-state index in [-0.39, 0.29) is 0 Å². The third-order valence-corrected chi connectivity index (χ3v) is 6.05. The van der Waals surface area contributed by atoms with Crippen LogP contribution in [-0.4, -0.2) is 38.5 Å². The molecule has 0 N–H and O–H groups in total. The predicted molar refractivity (Wildman–Crippen MR) is 152 cm³/mol. The molecule has 0 saturated carbocycles. The van der Waals surface area contributed by atoms with Crippen molar-refractivity contribution in [2.24, 2.45) is 0 Å². The lowest BCUT2D eigenvalue weighted by Crippen LogP contribution is -2.09. The first-order chi connectivity index (χ1) is 17.0. The normalized spacial score (nSPS) is 13.7. The van der Waals surface area contributed by atoms with Crippen LogP contribution < -0.4 is 4.90 Å². The fourth-order valence-electron chi connectivity index (χ4n) is 4.09. The molecule has 2 heteroatoms. The maximum Gasteiger partial charge on any atom is 0.199 e. The molecule has 174 valence electrons. The molecule has 0 amide bonds. The second-order valence-electron chi connectivity index (χ2n) is 8.97. The molecule has 0 unspecified atom stereocenters. The molecule has 1 aliphatic carbocycles. The smallest absolute Gasteiger partial charge is 0.199 e. The van der Waals surface area contributed by atoms with Crippen LogP contribution in [0.4, 0.5) is 5.69 Å². The highest BCUT2D eigenvalue weighted by Crippen LogP contribution is 2.34. The lowest BCUT2D eigenvalue weighted by atomic mass is 9.89. The zero-order valence-electron chi connectivity index (χ0n) is 21.0. The lowest BCUT2D eigenvalue weighted by Gasteiger charge is -2.17. The summed E-state index contributed by atoms with van der Waals surface area (Å²) in [5.74, 6) is 0. The van der Waals surface area contributed by atoms with Crippen molar-refractivity contribution >= 4 is 22.5 Å². The minimum atomic E-state index is 1.18. The molecule has 0 bridgehead atoms. The molecule has 3 aromatic carbocycles. The molecule has 0 aliphatic heterocycles. The van der Waals surface area contributed by atoms with Crippen molar-refractivity contribution in [3.8, 4) is 0 Å². The van der Waals surface area contributed by atoms with Crippen LogP contribution in [0, 0.1) is 0 Å². The quantitative estimate of drug-likeness (QED) is 0.219. The largest absolute Gasteiger partial charge is 0.378 e. The average molecular weight is 458 g/mol. The summed E-state index contributed by atoms with van der Waals surface area (Å²) in [5.41, 5.74) is 9.55. The molecule has 35 heavy (non-hydrogen) atoms. The highest BCUT2D eigenvalue weighted by atomic mass is 15.1. The van der Waals surface area contributed by atoms with Crippen molar-refractivity contribution in [1.82, 2.24) is 0 Å². The summed E-state index contributed by atoms with van der Waals surface area (Å²) in [6, 6.07) is 30.1. The molecule has 3 aromatic rings. The number of hydrogen-bond donors (Lipinski definition) is 0. The molecule has 0 radical (unpaired) electrons. The minimum Gasteiger partial charge on any atom is -0.378 e. The van der Waals surface area contributed by atoms with Crippen LogP contribution >= 0.6 is 0 Å². The molecule has 0 atom stereocenters. The molecule has 0 aromatic heterocycles. The monoisotopic (exact) mass is 457 g/mol. The maximum atomic E-state index is 2.23. The molecule has 4 rings (SSSR count). The fraction of sp³-hybridized carbons (Fsp3) is 0.121. The summed E-state index contributed by atoms with van der Waals surface area (Å²) >= 11 is 0. The van der Waals surface area contributed by atoms with Crippen LogP contribution in [0.2, 0.25) is 0 Å². The van der Waals surface area contributed by atoms with E-state index >= 15 is 0 Å². The van der Waals surface area contributed by atoms with Gasteiger partial charge in [0.2, 0.25) is 0 Å². The van der Waals surface area contributed by atoms with Crippen LogP contribution in [-0.2, 0) is 0 Å². The van der Waals surface area contributed by atoms with Crippen molar-refractivity contribution in [2.75, 3.05) is 33.1 Å². The lowest BCUT2D eigenvalue weighted by molar-refractivity contribution is -0.462. The standard InChI is InChI=1S/C33H33N2/c1-34(2)30-22-18-26(19-23-30)12-11-17-32(27-13-7-5-8-14-27)33(28-15-9-6-10-16-28)29-20-24-31(25-21-29)35(3)4/h5-25H,1-4H3/q+1. The first kappa shape index (κ1) is 24.0. The van der Waals surface area contributed by atoms with Gasteiger partial charge in [0.05, 0.1) is 0 Å².